The van der Waals surface area contributed by atoms with Gasteiger partial charge in [0.1, 0.15) is 5.57 Å². The Bertz CT molecular complexity index is 1030. The van der Waals surface area contributed by atoms with E-state index in [0.29, 0.717) is 5.56 Å². The number of rotatable bonds is 4. The fraction of sp³-hybridized carbons (Fsp3) is 0.120. The van der Waals surface area contributed by atoms with E-state index in [0.717, 1.165) is 17.1 Å². The number of anilines is 3. The number of hydrogen-bond acceptors (Lipinski definition) is 5. The summed E-state index contributed by atoms with van der Waals surface area (Å²) >= 11 is 0. The third-order valence-electron chi connectivity index (χ3n) is 4.61. The highest BCUT2D eigenvalue weighted by molar-refractivity contribution is 6.18. The van der Waals surface area contributed by atoms with Crippen molar-refractivity contribution in [3.8, 4) is 0 Å². The first-order chi connectivity index (χ1) is 14.4. The summed E-state index contributed by atoms with van der Waals surface area (Å²) in [5.74, 6) is -2.62. The quantitative estimate of drug-likeness (QED) is 0.335. The molecule has 1 heterocycles. The molecule has 0 saturated carbocycles. The Morgan fingerprint density at radius 1 is 0.667 bits per heavy atom. The summed E-state index contributed by atoms with van der Waals surface area (Å²) in [6, 6.07) is 27.7. The average Bonchev–Trinajstić information content (AvgIpc) is 2.73. The molecule has 0 unspecified atom stereocenters. The Morgan fingerprint density at radius 2 is 1.10 bits per heavy atom. The minimum atomic E-state index is -1.25. The van der Waals surface area contributed by atoms with Crippen LogP contribution >= 0.6 is 0 Å². The molecular formula is C25H21NO4. The van der Waals surface area contributed by atoms with Gasteiger partial charge in [0.05, 0.1) is 0 Å². The van der Waals surface area contributed by atoms with Gasteiger partial charge in [-0.3, -0.25) is 0 Å². The van der Waals surface area contributed by atoms with Gasteiger partial charge < -0.3 is 14.4 Å². The number of nitrogens with zero attached hydrogens (tertiary/aromatic N) is 1. The van der Waals surface area contributed by atoms with Crippen molar-refractivity contribution in [3.05, 3.63) is 96.1 Å². The van der Waals surface area contributed by atoms with E-state index in [-0.39, 0.29) is 5.57 Å². The maximum absolute atomic E-state index is 12.2. The van der Waals surface area contributed by atoms with E-state index in [4.69, 9.17) is 9.47 Å². The van der Waals surface area contributed by atoms with E-state index in [1.54, 1.807) is 0 Å². The van der Waals surface area contributed by atoms with Crippen LogP contribution in [0.15, 0.2) is 90.5 Å². The van der Waals surface area contributed by atoms with E-state index in [9.17, 15) is 9.59 Å². The Hall–Kier alpha value is -3.86. The van der Waals surface area contributed by atoms with Gasteiger partial charge in [-0.2, -0.15) is 0 Å². The second-order valence-electron chi connectivity index (χ2n) is 7.33. The topological polar surface area (TPSA) is 55.8 Å². The van der Waals surface area contributed by atoms with Crippen LogP contribution in [0.2, 0.25) is 0 Å². The zero-order valence-electron chi connectivity index (χ0n) is 16.7. The van der Waals surface area contributed by atoms with Gasteiger partial charge in [-0.25, -0.2) is 9.59 Å². The van der Waals surface area contributed by atoms with Crippen molar-refractivity contribution in [3.63, 3.8) is 0 Å². The number of ether oxygens (including phenoxy) is 2. The number of esters is 2. The van der Waals surface area contributed by atoms with Gasteiger partial charge in [-0.1, -0.05) is 48.5 Å². The molecule has 0 atom stereocenters. The van der Waals surface area contributed by atoms with Gasteiger partial charge in [0.2, 0.25) is 0 Å². The number of hydrogen-bond donors (Lipinski definition) is 0. The highest BCUT2D eigenvalue weighted by atomic mass is 16.7. The monoisotopic (exact) mass is 399 g/mol. The van der Waals surface area contributed by atoms with E-state index in [1.807, 2.05) is 84.9 Å². The van der Waals surface area contributed by atoms with Crippen molar-refractivity contribution < 1.29 is 19.1 Å². The van der Waals surface area contributed by atoms with Crippen LogP contribution in [0.3, 0.4) is 0 Å². The molecule has 1 aliphatic heterocycles. The third kappa shape index (κ3) is 4.10. The van der Waals surface area contributed by atoms with Gasteiger partial charge in [0.25, 0.3) is 5.79 Å². The van der Waals surface area contributed by atoms with Gasteiger partial charge in [0.15, 0.2) is 0 Å². The molecule has 30 heavy (non-hydrogen) atoms. The van der Waals surface area contributed by atoms with Crippen LogP contribution in [-0.2, 0) is 19.1 Å². The Labute approximate surface area is 175 Å². The summed E-state index contributed by atoms with van der Waals surface area (Å²) in [6.07, 6.45) is 1.49. The van der Waals surface area contributed by atoms with Crippen molar-refractivity contribution in [2.45, 2.75) is 19.6 Å². The molecule has 0 N–H and O–H groups in total. The van der Waals surface area contributed by atoms with Crippen molar-refractivity contribution in [2.75, 3.05) is 4.90 Å². The minimum absolute atomic E-state index is 0.120. The first-order valence-electron chi connectivity index (χ1n) is 9.62. The Morgan fingerprint density at radius 3 is 1.57 bits per heavy atom. The van der Waals surface area contributed by atoms with E-state index >= 15 is 0 Å². The highest BCUT2D eigenvalue weighted by Crippen LogP contribution is 2.34. The van der Waals surface area contributed by atoms with Gasteiger partial charge >= 0.3 is 11.9 Å². The summed E-state index contributed by atoms with van der Waals surface area (Å²) in [5, 5.41) is 0. The molecule has 1 fully saturated rings. The fourth-order valence-electron chi connectivity index (χ4n) is 3.27. The molecule has 1 aliphatic rings. The van der Waals surface area contributed by atoms with Gasteiger partial charge in [-0.05, 0) is 48.0 Å². The third-order valence-corrected chi connectivity index (χ3v) is 4.61. The average molecular weight is 399 g/mol. The number of carbonyl (C=O) groups excluding carboxylic acids is 2. The molecule has 0 amide bonds. The van der Waals surface area contributed by atoms with Crippen molar-refractivity contribution >= 4 is 35.1 Å². The van der Waals surface area contributed by atoms with E-state index < -0.39 is 17.7 Å². The molecular weight excluding hydrogens is 378 g/mol. The second kappa shape index (κ2) is 7.87. The molecule has 0 bridgehead atoms. The molecule has 3 aromatic carbocycles. The van der Waals surface area contributed by atoms with Gasteiger partial charge in [0, 0.05) is 30.9 Å². The van der Waals surface area contributed by atoms with Crippen LogP contribution < -0.4 is 4.90 Å². The molecule has 150 valence electrons. The number of cyclic esters (lactones) is 2. The van der Waals surface area contributed by atoms with E-state index in [2.05, 4.69) is 4.90 Å². The van der Waals surface area contributed by atoms with Crippen molar-refractivity contribution in [1.82, 2.24) is 0 Å². The van der Waals surface area contributed by atoms with E-state index in [1.165, 1.54) is 19.9 Å². The Kier molecular flexibility index (Phi) is 5.11. The Balaban J connectivity index is 1.66. The molecule has 4 rings (SSSR count). The lowest BCUT2D eigenvalue weighted by Gasteiger charge is -2.29. The lowest BCUT2D eigenvalue weighted by molar-refractivity contribution is -0.222. The van der Waals surface area contributed by atoms with Crippen LogP contribution in [-0.4, -0.2) is 17.7 Å². The van der Waals surface area contributed by atoms with Crippen LogP contribution in [0.1, 0.15) is 19.4 Å². The van der Waals surface area contributed by atoms with Crippen LogP contribution in [0, 0.1) is 0 Å². The number of carbonyl (C=O) groups is 2. The molecule has 1 saturated heterocycles. The number of para-hydroxylation sites is 2. The highest BCUT2D eigenvalue weighted by Gasteiger charge is 2.38. The predicted molar refractivity (Wildman–Crippen MR) is 115 cm³/mol. The van der Waals surface area contributed by atoms with Crippen molar-refractivity contribution in [1.29, 1.82) is 0 Å². The smallest absolute Gasteiger partial charge is 0.348 e. The van der Waals surface area contributed by atoms with Crippen LogP contribution in [0.4, 0.5) is 17.1 Å². The normalized spacial score (nSPS) is 15.2. The summed E-state index contributed by atoms with van der Waals surface area (Å²) in [5.41, 5.74) is 3.57. The lowest BCUT2D eigenvalue weighted by atomic mass is 10.1. The van der Waals surface area contributed by atoms with Gasteiger partial charge in [-0.15, -0.1) is 0 Å². The molecule has 5 heteroatoms. The molecule has 0 radical (unpaired) electrons. The largest absolute Gasteiger partial charge is 0.419 e. The minimum Gasteiger partial charge on any atom is -0.419 e. The van der Waals surface area contributed by atoms with Crippen LogP contribution in [0.25, 0.3) is 6.08 Å². The lowest BCUT2D eigenvalue weighted by Crippen LogP contribution is -2.41. The second-order valence-corrected chi connectivity index (χ2v) is 7.33. The van der Waals surface area contributed by atoms with Crippen LogP contribution in [0.5, 0.6) is 0 Å². The fourth-order valence-corrected chi connectivity index (χ4v) is 3.27. The molecule has 3 aromatic rings. The van der Waals surface area contributed by atoms with Crippen molar-refractivity contribution in [2.24, 2.45) is 0 Å². The molecule has 5 nitrogen and oxygen atoms in total. The molecule has 0 aromatic heterocycles. The summed E-state index contributed by atoms with van der Waals surface area (Å²) < 4.78 is 10.3. The summed E-state index contributed by atoms with van der Waals surface area (Å²) in [4.78, 5) is 26.5. The SMILES string of the molecule is CC1(C)OC(=O)C(=Cc2ccc(N(c3ccccc3)c3ccccc3)cc2)C(=O)O1. The standard InChI is InChI=1S/C25H21NO4/c1-25(2)29-23(27)22(24(28)30-25)17-18-13-15-21(16-14-18)26(19-9-5-3-6-10-19)20-11-7-4-8-12-20/h3-17H,1-2H3. The number of benzene rings is 3. The first kappa shape index (κ1) is 19.5. The molecule has 0 spiro atoms. The predicted octanol–water partition coefficient (Wildman–Crippen LogP) is 5.38. The summed E-state index contributed by atoms with van der Waals surface area (Å²) in [7, 11) is 0. The zero-order chi connectivity index (χ0) is 21.1. The molecule has 0 aliphatic carbocycles. The first-order valence-corrected chi connectivity index (χ1v) is 9.62. The maximum Gasteiger partial charge on any atom is 0.348 e. The summed E-state index contributed by atoms with van der Waals surface area (Å²) in [6.45, 7) is 3.05. The maximum atomic E-state index is 12.2. The zero-order valence-corrected chi connectivity index (χ0v) is 16.7.